The first-order valence-corrected chi connectivity index (χ1v) is 10.6. The van der Waals surface area contributed by atoms with Crippen molar-refractivity contribution in [2.24, 2.45) is 5.41 Å². The summed E-state index contributed by atoms with van der Waals surface area (Å²) < 4.78 is 8.48. The van der Waals surface area contributed by atoms with Gasteiger partial charge in [0.1, 0.15) is 11.8 Å². The van der Waals surface area contributed by atoms with Crippen LogP contribution < -0.4 is 15.9 Å². The van der Waals surface area contributed by atoms with Gasteiger partial charge in [0.15, 0.2) is 5.78 Å². The first-order chi connectivity index (χ1) is 14.8. The summed E-state index contributed by atoms with van der Waals surface area (Å²) in [6.45, 7) is 6.51. The Morgan fingerprint density at radius 2 is 1.58 bits per heavy atom. The molecule has 2 aliphatic rings. The van der Waals surface area contributed by atoms with Gasteiger partial charge in [-0.3, -0.25) is 14.4 Å². The Hall–Kier alpha value is -3.41. The molecule has 6 heteroatoms. The van der Waals surface area contributed by atoms with Crippen LogP contribution in [0, 0.1) is 5.41 Å². The van der Waals surface area contributed by atoms with Crippen LogP contribution in [-0.2, 0) is 4.79 Å². The van der Waals surface area contributed by atoms with Crippen molar-refractivity contribution in [3.63, 3.8) is 0 Å². The van der Waals surface area contributed by atoms with Crippen LogP contribution in [0.4, 0.5) is 0 Å². The molecule has 5 rings (SSSR count). The maximum atomic E-state index is 13.6. The number of allylic oxidation sites excluding steroid dienone is 2. The molecule has 1 aromatic heterocycles. The van der Waals surface area contributed by atoms with Crippen molar-refractivity contribution in [1.82, 2.24) is 9.36 Å². The summed E-state index contributed by atoms with van der Waals surface area (Å²) in [5, 5.41) is 0.741. The fourth-order valence-electron chi connectivity index (χ4n) is 4.91. The molecule has 0 fully saturated rings. The maximum absolute atomic E-state index is 13.6. The number of fused-ring (bicyclic) bond motifs is 3. The first-order valence-electron chi connectivity index (χ1n) is 10.6. The molecule has 1 unspecified atom stereocenters. The highest BCUT2D eigenvalue weighted by Crippen LogP contribution is 2.46. The highest BCUT2D eigenvalue weighted by molar-refractivity contribution is 6.04. The standard InChI is InChI=1S/C25H24N2O4/c1-4-31-16-11-9-15(10-12-16)22-21-19(13-25(2,3)14-20(21)28)26-23(29)17-7-5-6-8-18(17)24(30)27(22)26/h5-12,22H,4,13-14H2,1-3H3. The number of ether oxygens (including phenoxy) is 1. The summed E-state index contributed by atoms with van der Waals surface area (Å²) in [6.07, 6.45) is 0.940. The molecule has 1 aliphatic carbocycles. The summed E-state index contributed by atoms with van der Waals surface area (Å²) in [5.74, 6) is 0.710. The van der Waals surface area contributed by atoms with Gasteiger partial charge >= 0.3 is 0 Å². The van der Waals surface area contributed by atoms with E-state index in [1.54, 1.807) is 24.3 Å². The predicted octanol–water partition coefficient (Wildman–Crippen LogP) is 3.77. The topological polar surface area (TPSA) is 70.3 Å². The highest BCUT2D eigenvalue weighted by atomic mass is 16.5. The van der Waals surface area contributed by atoms with E-state index < -0.39 is 6.04 Å². The zero-order valence-corrected chi connectivity index (χ0v) is 17.8. The van der Waals surface area contributed by atoms with Gasteiger partial charge in [-0.1, -0.05) is 38.1 Å². The van der Waals surface area contributed by atoms with Gasteiger partial charge in [0.2, 0.25) is 0 Å². The Morgan fingerprint density at radius 3 is 2.23 bits per heavy atom. The molecule has 2 aromatic carbocycles. The smallest absolute Gasteiger partial charge is 0.277 e. The minimum Gasteiger partial charge on any atom is -0.494 e. The molecular weight excluding hydrogens is 392 g/mol. The maximum Gasteiger partial charge on any atom is 0.277 e. The number of aromatic nitrogens is 2. The van der Waals surface area contributed by atoms with Gasteiger partial charge < -0.3 is 4.74 Å². The van der Waals surface area contributed by atoms with Crippen molar-refractivity contribution in [2.75, 3.05) is 6.61 Å². The monoisotopic (exact) mass is 416 g/mol. The summed E-state index contributed by atoms with van der Waals surface area (Å²) >= 11 is 0. The minimum absolute atomic E-state index is 0.0100. The third-order valence-corrected chi connectivity index (χ3v) is 6.18. The number of hydrogen-bond acceptors (Lipinski definition) is 4. The fourth-order valence-corrected chi connectivity index (χ4v) is 4.91. The van der Waals surface area contributed by atoms with E-state index in [1.165, 1.54) is 9.36 Å². The second-order valence-electron chi connectivity index (χ2n) is 9.02. The molecule has 0 bridgehead atoms. The number of ketones is 1. The van der Waals surface area contributed by atoms with E-state index in [1.807, 2.05) is 45.0 Å². The fraction of sp³-hybridized carbons (Fsp3) is 0.320. The molecule has 3 aromatic rings. The summed E-state index contributed by atoms with van der Waals surface area (Å²) in [4.78, 5) is 40.4. The van der Waals surface area contributed by atoms with Crippen LogP contribution in [0.1, 0.15) is 45.2 Å². The highest BCUT2D eigenvalue weighted by Gasteiger charge is 2.44. The summed E-state index contributed by atoms with van der Waals surface area (Å²) in [6, 6.07) is 13.6. The molecule has 0 saturated carbocycles. The predicted molar refractivity (Wildman–Crippen MR) is 119 cm³/mol. The SMILES string of the molecule is CCOc1ccc(C2C3=C(CC(C)(C)CC3=O)n3c(=O)c4ccccc4c(=O)n32)cc1. The van der Waals surface area contributed by atoms with Gasteiger partial charge in [-0.2, -0.15) is 0 Å². The molecule has 1 aliphatic heterocycles. The lowest BCUT2D eigenvalue weighted by molar-refractivity contribution is -0.118. The molecule has 158 valence electrons. The van der Waals surface area contributed by atoms with Gasteiger partial charge in [0.25, 0.3) is 11.1 Å². The van der Waals surface area contributed by atoms with Crippen LogP contribution in [0.15, 0.2) is 63.7 Å². The second kappa shape index (κ2) is 6.80. The molecule has 0 amide bonds. The van der Waals surface area contributed by atoms with Gasteiger partial charge in [-0.05, 0) is 48.6 Å². The van der Waals surface area contributed by atoms with Crippen molar-refractivity contribution in [3.05, 3.63) is 80.4 Å². The lowest BCUT2D eigenvalue weighted by Gasteiger charge is -2.30. The molecule has 0 radical (unpaired) electrons. The minimum atomic E-state index is -0.626. The van der Waals surface area contributed by atoms with Gasteiger partial charge in [-0.15, -0.1) is 0 Å². The largest absolute Gasteiger partial charge is 0.494 e. The van der Waals surface area contributed by atoms with Crippen molar-refractivity contribution >= 4 is 22.3 Å². The number of hydrogen-bond donors (Lipinski definition) is 0. The number of rotatable bonds is 3. The molecule has 1 atom stereocenters. The Bertz CT molecular complexity index is 1370. The first kappa shape index (κ1) is 19.5. The summed E-state index contributed by atoms with van der Waals surface area (Å²) in [5.41, 5.74) is 1.17. The van der Waals surface area contributed by atoms with E-state index in [0.717, 1.165) is 11.3 Å². The molecule has 0 N–H and O–H groups in total. The number of nitrogens with zero attached hydrogens (tertiary/aromatic N) is 2. The number of benzene rings is 2. The number of carbonyl (C=O) groups is 1. The Morgan fingerprint density at radius 1 is 0.935 bits per heavy atom. The zero-order valence-electron chi connectivity index (χ0n) is 17.8. The van der Waals surface area contributed by atoms with Crippen molar-refractivity contribution < 1.29 is 9.53 Å². The van der Waals surface area contributed by atoms with Crippen molar-refractivity contribution in [2.45, 2.75) is 39.7 Å². The van der Waals surface area contributed by atoms with Crippen LogP contribution in [0.25, 0.3) is 16.5 Å². The molecule has 31 heavy (non-hydrogen) atoms. The Balaban J connectivity index is 1.84. The quantitative estimate of drug-likeness (QED) is 0.652. The molecule has 6 nitrogen and oxygen atoms in total. The van der Waals surface area contributed by atoms with Gasteiger partial charge in [-0.25, -0.2) is 9.36 Å². The molecule has 0 spiro atoms. The third kappa shape index (κ3) is 2.89. The van der Waals surface area contributed by atoms with Crippen LogP contribution in [0.3, 0.4) is 0 Å². The number of carbonyl (C=O) groups excluding carboxylic acids is 1. The zero-order chi connectivity index (χ0) is 21.9. The van der Waals surface area contributed by atoms with E-state index in [0.29, 0.717) is 41.5 Å². The normalized spacial score (nSPS) is 19.5. The summed E-state index contributed by atoms with van der Waals surface area (Å²) in [7, 11) is 0. The molecule has 0 saturated heterocycles. The van der Waals surface area contributed by atoms with E-state index >= 15 is 0 Å². The Kier molecular flexibility index (Phi) is 4.29. The lowest BCUT2D eigenvalue weighted by Crippen LogP contribution is -2.37. The second-order valence-corrected chi connectivity index (χ2v) is 9.02. The number of Topliss-reactive ketones (excluding diaryl/α,β-unsaturated/α-hetero) is 1. The van der Waals surface area contributed by atoms with E-state index in [-0.39, 0.29) is 22.3 Å². The van der Waals surface area contributed by atoms with Crippen LogP contribution in [-0.4, -0.2) is 21.8 Å². The molecular formula is C25H24N2O4. The van der Waals surface area contributed by atoms with E-state index in [2.05, 4.69) is 0 Å². The van der Waals surface area contributed by atoms with Crippen molar-refractivity contribution in [3.8, 4) is 5.75 Å². The van der Waals surface area contributed by atoms with Gasteiger partial charge in [0.05, 0.1) is 23.1 Å². The third-order valence-electron chi connectivity index (χ3n) is 6.18. The average molecular weight is 416 g/mol. The van der Waals surface area contributed by atoms with Crippen LogP contribution in [0.2, 0.25) is 0 Å². The van der Waals surface area contributed by atoms with Crippen molar-refractivity contribution in [1.29, 1.82) is 0 Å². The van der Waals surface area contributed by atoms with E-state index in [4.69, 9.17) is 4.74 Å². The van der Waals surface area contributed by atoms with Crippen LogP contribution >= 0.6 is 0 Å². The molecule has 2 heterocycles. The Labute approximate surface area is 179 Å². The average Bonchev–Trinajstić information content (AvgIpc) is 3.07. The van der Waals surface area contributed by atoms with E-state index in [9.17, 15) is 14.4 Å². The van der Waals surface area contributed by atoms with Gasteiger partial charge in [0, 0.05) is 12.0 Å². The van der Waals surface area contributed by atoms with Crippen LogP contribution in [0.5, 0.6) is 5.75 Å². The lowest BCUT2D eigenvalue weighted by atomic mass is 9.74.